The quantitative estimate of drug-likeness (QED) is 0.320. The fourth-order valence-electron chi connectivity index (χ4n) is 3.31. The maximum Gasteiger partial charge on any atom is 0.433 e. The molecule has 0 saturated heterocycles. The number of nitrogens with zero attached hydrogens (tertiary/aromatic N) is 4. The van der Waals surface area contributed by atoms with E-state index in [1.165, 1.54) is 19.2 Å². The highest BCUT2D eigenvalue weighted by molar-refractivity contribution is 5.98. The molecule has 3 heterocycles. The number of oxazole rings is 1. The van der Waals surface area contributed by atoms with Crippen molar-refractivity contribution in [3.63, 3.8) is 0 Å². The molecule has 0 aliphatic rings. The minimum Gasteiger partial charge on any atom is -0.494 e. The molecule has 3 aromatic heterocycles. The van der Waals surface area contributed by atoms with Crippen molar-refractivity contribution in [2.75, 3.05) is 25.5 Å². The number of anilines is 1. The zero-order valence-electron chi connectivity index (χ0n) is 18.4. The van der Waals surface area contributed by atoms with Crippen LogP contribution in [0.3, 0.4) is 0 Å². The number of carbonyl (C=O) groups is 1. The number of methoxy groups -OCH3 is 1. The van der Waals surface area contributed by atoms with Gasteiger partial charge in [0.1, 0.15) is 17.0 Å². The van der Waals surface area contributed by atoms with Crippen LogP contribution in [0.5, 0.6) is 5.75 Å². The van der Waals surface area contributed by atoms with Gasteiger partial charge in [0, 0.05) is 36.4 Å². The lowest BCUT2D eigenvalue weighted by Gasteiger charge is -2.11. The summed E-state index contributed by atoms with van der Waals surface area (Å²) in [6.45, 7) is 0.476. The van der Waals surface area contributed by atoms with Crippen molar-refractivity contribution in [1.82, 2.24) is 25.3 Å². The summed E-state index contributed by atoms with van der Waals surface area (Å²) in [5.41, 5.74) is 4.96. The Morgan fingerprint density at radius 2 is 1.89 bits per heavy atom. The van der Waals surface area contributed by atoms with Gasteiger partial charge in [0.25, 0.3) is 5.91 Å². The van der Waals surface area contributed by atoms with Gasteiger partial charge in [-0.1, -0.05) is 0 Å². The maximum atomic E-state index is 13.2. The third kappa shape index (κ3) is 5.14. The van der Waals surface area contributed by atoms with Gasteiger partial charge >= 0.3 is 6.18 Å². The van der Waals surface area contributed by atoms with Crippen molar-refractivity contribution in [3.8, 4) is 17.2 Å². The normalized spacial score (nSPS) is 11.5. The van der Waals surface area contributed by atoms with Crippen molar-refractivity contribution < 1.29 is 27.1 Å². The monoisotopic (exact) mass is 487 g/mol. The molecule has 0 fully saturated rings. The Morgan fingerprint density at radius 1 is 1.11 bits per heavy atom. The molecule has 10 nitrogen and oxygen atoms in total. The van der Waals surface area contributed by atoms with Crippen molar-refractivity contribution in [2.45, 2.75) is 12.7 Å². The molecule has 0 bridgehead atoms. The fourth-order valence-corrected chi connectivity index (χ4v) is 3.31. The highest BCUT2D eigenvalue weighted by Crippen LogP contribution is 2.36. The van der Waals surface area contributed by atoms with Crippen LogP contribution in [0.2, 0.25) is 0 Å². The van der Waals surface area contributed by atoms with Crippen molar-refractivity contribution in [2.24, 2.45) is 5.73 Å². The summed E-state index contributed by atoms with van der Waals surface area (Å²) in [6.07, 6.45) is -1.46. The van der Waals surface area contributed by atoms with E-state index in [9.17, 15) is 18.0 Å². The van der Waals surface area contributed by atoms with Crippen LogP contribution in [0.15, 0.2) is 47.1 Å². The number of ether oxygens (including phenoxy) is 1. The van der Waals surface area contributed by atoms with Gasteiger partial charge in [-0.05, 0) is 30.3 Å². The molecule has 1 aromatic carbocycles. The van der Waals surface area contributed by atoms with Crippen molar-refractivity contribution in [3.05, 3.63) is 59.9 Å². The summed E-state index contributed by atoms with van der Waals surface area (Å²) in [5.74, 6) is 0.183. The Bertz CT molecular complexity index is 1340. The number of rotatable bonds is 8. The standard InChI is InChI=1S/C22H20F3N7O3/c1-34-14-5-3-13(12-4-6-16(22(23,24)25)31-17(12)14)20-32-18(15(11-26)35-20)19(33)27-9-10-30-21-28-7-2-8-29-21/h2-8H,9-11,26H2,1H3,(H,27,33)(H,28,29,30). The number of fused-ring (bicyclic) bond motifs is 1. The molecule has 182 valence electrons. The van der Waals surface area contributed by atoms with Crippen LogP contribution in [0.4, 0.5) is 19.1 Å². The van der Waals surface area contributed by atoms with E-state index in [1.807, 2.05) is 0 Å². The average molecular weight is 487 g/mol. The minimum atomic E-state index is -4.63. The second-order valence-corrected chi connectivity index (χ2v) is 7.16. The van der Waals surface area contributed by atoms with E-state index >= 15 is 0 Å². The van der Waals surface area contributed by atoms with Crippen LogP contribution in [0, 0.1) is 0 Å². The van der Waals surface area contributed by atoms with Crippen LogP contribution in [-0.4, -0.2) is 46.0 Å². The van der Waals surface area contributed by atoms with Gasteiger partial charge in [0.15, 0.2) is 11.5 Å². The number of pyridine rings is 1. The molecule has 13 heteroatoms. The van der Waals surface area contributed by atoms with E-state index in [0.29, 0.717) is 23.4 Å². The molecule has 4 aromatic rings. The number of nitrogens with one attached hydrogen (secondary N) is 2. The molecule has 0 aliphatic heterocycles. The van der Waals surface area contributed by atoms with Gasteiger partial charge in [0.05, 0.1) is 13.7 Å². The van der Waals surface area contributed by atoms with Crippen LogP contribution < -0.4 is 21.1 Å². The second kappa shape index (κ2) is 9.93. The van der Waals surface area contributed by atoms with E-state index in [-0.39, 0.29) is 41.7 Å². The zero-order chi connectivity index (χ0) is 25.0. The van der Waals surface area contributed by atoms with Gasteiger partial charge in [-0.3, -0.25) is 4.79 Å². The molecular formula is C22H20F3N7O3. The number of aromatic nitrogens is 4. The number of hydrogen-bond donors (Lipinski definition) is 3. The van der Waals surface area contributed by atoms with Crippen LogP contribution >= 0.6 is 0 Å². The van der Waals surface area contributed by atoms with Crippen molar-refractivity contribution in [1.29, 1.82) is 0 Å². The topological polar surface area (TPSA) is 141 Å². The van der Waals surface area contributed by atoms with Gasteiger partial charge in [-0.25, -0.2) is 19.9 Å². The maximum absolute atomic E-state index is 13.2. The van der Waals surface area contributed by atoms with Crippen LogP contribution in [-0.2, 0) is 12.7 Å². The minimum absolute atomic E-state index is 0.0145. The highest BCUT2D eigenvalue weighted by atomic mass is 19.4. The van der Waals surface area contributed by atoms with Gasteiger partial charge in [-0.15, -0.1) is 0 Å². The summed E-state index contributed by atoms with van der Waals surface area (Å²) >= 11 is 0. The Morgan fingerprint density at radius 3 is 2.57 bits per heavy atom. The predicted octanol–water partition coefficient (Wildman–Crippen LogP) is 3.01. The zero-order valence-corrected chi connectivity index (χ0v) is 18.4. The van der Waals surface area contributed by atoms with E-state index in [1.54, 1.807) is 24.5 Å². The fraction of sp³-hybridized carbons (Fsp3) is 0.227. The third-order valence-corrected chi connectivity index (χ3v) is 4.92. The first-order chi connectivity index (χ1) is 16.8. The number of benzene rings is 1. The van der Waals surface area contributed by atoms with E-state index in [4.69, 9.17) is 14.9 Å². The number of halogens is 3. The summed E-state index contributed by atoms with van der Waals surface area (Å²) in [6, 6.07) is 6.81. The summed E-state index contributed by atoms with van der Waals surface area (Å²) in [7, 11) is 1.33. The molecule has 0 atom stereocenters. The molecule has 0 spiro atoms. The van der Waals surface area contributed by atoms with E-state index < -0.39 is 17.8 Å². The van der Waals surface area contributed by atoms with Crippen LogP contribution in [0.1, 0.15) is 21.9 Å². The predicted molar refractivity (Wildman–Crippen MR) is 120 cm³/mol. The van der Waals surface area contributed by atoms with Crippen LogP contribution in [0.25, 0.3) is 22.4 Å². The number of nitrogens with two attached hydrogens (primary N) is 1. The molecule has 4 N–H and O–H groups in total. The highest BCUT2D eigenvalue weighted by Gasteiger charge is 2.33. The number of alkyl halides is 3. The molecule has 0 aliphatic carbocycles. The Balaban J connectivity index is 1.59. The largest absolute Gasteiger partial charge is 0.494 e. The third-order valence-electron chi connectivity index (χ3n) is 4.92. The van der Waals surface area contributed by atoms with Gasteiger partial charge < -0.3 is 25.5 Å². The molecule has 4 rings (SSSR count). The first-order valence-corrected chi connectivity index (χ1v) is 10.4. The number of hydrogen-bond acceptors (Lipinski definition) is 9. The molecule has 35 heavy (non-hydrogen) atoms. The van der Waals surface area contributed by atoms with E-state index in [0.717, 1.165) is 6.07 Å². The lowest BCUT2D eigenvalue weighted by molar-refractivity contribution is -0.140. The molecular weight excluding hydrogens is 467 g/mol. The lowest BCUT2D eigenvalue weighted by atomic mass is 10.1. The molecule has 1 amide bonds. The molecule has 0 radical (unpaired) electrons. The average Bonchev–Trinajstić information content (AvgIpc) is 3.30. The lowest BCUT2D eigenvalue weighted by Crippen LogP contribution is -2.30. The van der Waals surface area contributed by atoms with E-state index in [2.05, 4.69) is 30.6 Å². The first-order valence-electron chi connectivity index (χ1n) is 10.4. The Hall–Kier alpha value is -4.26. The number of amides is 1. The summed E-state index contributed by atoms with van der Waals surface area (Å²) in [4.78, 5) is 28.7. The molecule has 0 saturated carbocycles. The Labute approximate surface area is 196 Å². The second-order valence-electron chi connectivity index (χ2n) is 7.16. The Kier molecular flexibility index (Phi) is 6.78. The summed E-state index contributed by atoms with van der Waals surface area (Å²) < 4.78 is 50.4. The smallest absolute Gasteiger partial charge is 0.433 e. The molecule has 0 unspecified atom stereocenters. The van der Waals surface area contributed by atoms with Crippen molar-refractivity contribution >= 4 is 22.8 Å². The SMILES string of the molecule is COc1ccc(-c2nc(C(=O)NCCNc3ncccn3)c(CN)o2)c2ccc(C(F)(F)F)nc12. The van der Waals surface area contributed by atoms with Gasteiger partial charge in [0.2, 0.25) is 11.8 Å². The number of carbonyl (C=O) groups excluding carboxylic acids is 1. The first kappa shape index (κ1) is 23.9. The van der Waals surface area contributed by atoms with Gasteiger partial charge in [-0.2, -0.15) is 13.2 Å². The summed E-state index contributed by atoms with van der Waals surface area (Å²) in [5, 5.41) is 5.96.